The molecular formula is C12H20N4O3. The number of para-hydroxylation sites is 1. The van der Waals surface area contributed by atoms with E-state index in [1.165, 1.54) is 0 Å². The first-order chi connectivity index (χ1) is 9.06. The van der Waals surface area contributed by atoms with Crippen LogP contribution in [-0.4, -0.2) is 24.7 Å². The molecule has 19 heavy (non-hydrogen) atoms. The number of rotatable bonds is 8. The highest BCUT2D eigenvalue weighted by atomic mass is 16.6. The molecule has 0 heterocycles. The van der Waals surface area contributed by atoms with E-state index in [-0.39, 0.29) is 11.4 Å². The Morgan fingerprint density at radius 2 is 2.11 bits per heavy atom. The van der Waals surface area contributed by atoms with E-state index < -0.39 is 4.92 Å². The van der Waals surface area contributed by atoms with Crippen molar-refractivity contribution in [2.75, 3.05) is 30.5 Å². The van der Waals surface area contributed by atoms with Crippen LogP contribution in [0.5, 0.6) is 0 Å². The molecule has 0 aliphatic carbocycles. The SMILES string of the molecule is CC(C)COCCNc1cccc(NN)c1[N+](=O)[O-]. The number of hydrazine groups is 1. The number of nitro benzene ring substituents is 1. The minimum Gasteiger partial charge on any atom is -0.379 e. The van der Waals surface area contributed by atoms with Crippen molar-refractivity contribution in [3.63, 3.8) is 0 Å². The molecule has 0 radical (unpaired) electrons. The lowest BCUT2D eigenvalue weighted by Gasteiger charge is -2.11. The second-order valence-corrected chi connectivity index (χ2v) is 4.50. The number of nitrogen functional groups attached to an aromatic ring is 1. The highest BCUT2D eigenvalue weighted by Gasteiger charge is 2.18. The van der Waals surface area contributed by atoms with Gasteiger partial charge in [-0.15, -0.1) is 0 Å². The fourth-order valence-corrected chi connectivity index (χ4v) is 1.58. The first kappa shape index (κ1) is 15.2. The molecule has 0 bridgehead atoms. The van der Waals surface area contributed by atoms with Gasteiger partial charge < -0.3 is 15.5 Å². The molecule has 0 aliphatic rings. The molecule has 1 aromatic carbocycles. The highest BCUT2D eigenvalue weighted by molar-refractivity contribution is 5.75. The van der Waals surface area contributed by atoms with Crippen molar-refractivity contribution in [3.05, 3.63) is 28.3 Å². The van der Waals surface area contributed by atoms with Gasteiger partial charge in [0.15, 0.2) is 0 Å². The molecule has 0 aliphatic heterocycles. The Hall–Kier alpha value is -1.86. The van der Waals surface area contributed by atoms with E-state index in [4.69, 9.17) is 10.6 Å². The molecule has 0 saturated carbocycles. The zero-order chi connectivity index (χ0) is 14.3. The summed E-state index contributed by atoms with van der Waals surface area (Å²) in [5.74, 6) is 5.73. The highest BCUT2D eigenvalue weighted by Crippen LogP contribution is 2.31. The Bertz CT molecular complexity index is 423. The number of nitrogens with one attached hydrogen (secondary N) is 2. The minimum atomic E-state index is -0.466. The lowest BCUT2D eigenvalue weighted by atomic mass is 10.2. The van der Waals surface area contributed by atoms with E-state index in [1.807, 2.05) is 0 Å². The summed E-state index contributed by atoms with van der Waals surface area (Å²) >= 11 is 0. The lowest BCUT2D eigenvalue weighted by molar-refractivity contribution is -0.383. The van der Waals surface area contributed by atoms with Crippen LogP contribution < -0.4 is 16.6 Å². The standard InChI is InChI=1S/C12H20N4O3/c1-9(2)8-19-7-6-14-10-4-3-5-11(15-13)12(10)16(17)18/h3-5,9,14-15H,6-8,13H2,1-2H3. The van der Waals surface area contributed by atoms with Gasteiger partial charge in [-0.2, -0.15) is 0 Å². The maximum Gasteiger partial charge on any atom is 0.316 e. The van der Waals surface area contributed by atoms with E-state index >= 15 is 0 Å². The number of nitrogens with two attached hydrogens (primary N) is 1. The second-order valence-electron chi connectivity index (χ2n) is 4.50. The predicted octanol–water partition coefficient (Wildman–Crippen LogP) is 1.96. The van der Waals surface area contributed by atoms with E-state index in [0.29, 0.717) is 31.4 Å². The molecule has 0 spiro atoms. The summed E-state index contributed by atoms with van der Waals surface area (Å²) in [5.41, 5.74) is 2.96. The Morgan fingerprint density at radius 3 is 2.68 bits per heavy atom. The Balaban J connectivity index is 2.60. The summed E-state index contributed by atoms with van der Waals surface area (Å²) in [7, 11) is 0. The van der Waals surface area contributed by atoms with Crippen LogP contribution in [-0.2, 0) is 4.74 Å². The van der Waals surface area contributed by atoms with Gasteiger partial charge in [0.2, 0.25) is 0 Å². The van der Waals surface area contributed by atoms with Crippen LogP contribution in [0.1, 0.15) is 13.8 Å². The minimum absolute atomic E-state index is 0.0612. The van der Waals surface area contributed by atoms with Crippen LogP contribution in [0.3, 0.4) is 0 Å². The van der Waals surface area contributed by atoms with Crippen molar-refractivity contribution in [1.29, 1.82) is 0 Å². The quantitative estimate of drug-likeness (QED) is 0.288. The summed E-state index contributed by atoms with van der Waals surface area (Å²) in [6.07, 6.45) is 0. The normalized spacial score (nSPS) is 10.5. The predicted molar refractivity (Wildman–Crippen MR) is 75.1 cm³/mol. The topological polar surface area (TPSA) is 102 Å². The molecule has 4 N–H and O–H groups in total. The van der Waals surface area contributed by atoms with Crippen LogP contribution in [0.4, 0.5) is 17.1 Å². The molecule has 0 saturated heterocycles. The van der Waals surface area contributed by atoms with Crippen molar-refractivity contribution in [2.45, 2.75) is 13.8 Å². The van der Waals surface area contributed by atoms with Gasteiger partial charge in [0.1, 0.15) is 11.4 Å². The Labute approximate surface area is 112 Å². The van der Waals surface area contributed by atoms with E-state index in [9.17, 15) is 10.1 Å². The van der Waals surface area contributed by atoms with E-state index in [1.54, 1.807) is 18.2 Å². The number of hydrogen-bond donors (Lipinski definition) is 3. The first-order valence-electron chi connectivity index (χ1n) is 6.12. The molecule has 7 nitrogen and oxygen atoms in total. The molecular weight excluding hydrogens is 248 g/mol. The monoisotopic (exact) mass is 268 g/mol. The number of ether oxygens (including phenoxy) is 1. The molecule has 7 heteroatoms. The second kappa shape index (κ2) is 7.55. The molecule has 0 amide bonds. The Morgan fingerprint density at radius 1 is 1.42 bits per heavy atom. The third-order valence-corrected chi connectivity index (χ3v) is 2.39. The van der Waals surface area contributed by atoms with Crippen LogP contribution in [0.15, 0.2) is 18.2 Å². The molecule has 0 aromatic heterocycles. The van der Waals surface area contributed by atoms with Crippen LogP contribution in [0, 0.1) is 16.0 Å². The first-order valence-corrected chi connectivity index (χ1v) is 6.12. The van der Waals surface area contributed by atoms with Gasteiger partial charge in [0.25, 0.3) is 0 Å². The van der Waals surface area contributed by atoms with E-state index in [0.717, 1.165) is 0 Å². The fraction of sp³-hybridized carbons (Fsp3) is 0.500. The van der Waals surface area contributed by atoms with Gasteiger partial charge in [0.05, 0.1) is 11.5 Å². The maximum absolute atomic E-state index is 11.0. The van der Waals surface area contributed by atoms with Crippen molar-refractivity contribution >= 4 is 17.1 Å². The van der Waals surface area contributed by atoms with Crippen molar-refractivity contribution in [2.24, 2.45) is 11.8 Å². The molecule has 1 aromatic rings. The zero-order valence-electron chi connectivity index (χ0n) is 11.2. The largest absolute Gasteiger partial charge is 0.379 e. The summed E-state index contributed by atoms with van der Waals surface area (Å²) in [6.45, 7) is 5.80. The summed E-state index contributed by atoms with van der Waals surface area (Å²) < 4.78 is 5.40. The lowest BCUT2D eigenvalue weighted by Crippen LogP contribution is -2.14. The third-order valence-electron chi connectivity index (χ3n) is 2.39. The zero-order valence-corrected chi connectivity index (χ0v) is 11.2. The number of benzene rings is 1. The summed E-state index contributed by atoms with van der Waals surface area (Å²) in [4.78, 5) is 10.6. The maximum atomic E-state index is 11.0. The number of nitrogens with zero attached hydrogens (tertiary/aromatic N) is 1. The van der Waals surface area contributed by atoms with Gasteiger partial charge >= 0.3 is 5.69 Å². The van der Waals surface area contributed by atoms with Crippen LogP contribution >= 0.6 is 0 Å². The van der Waals surface area contributed by atoms with Gasteiger partial charge in [-0.05, 0) is 18.1 Å². The molecule has 0 unspecified atom stereocenters. The van der Waals surface area contributed by atoms with Crippen molar-refractivity contribution < 1.29 is 9.66 Å². The van der Waals surface area contributed by atoms with Gasteiger partial charge in [-0.1, -0.05) is 19.9 Å². The van der Waals surface area contributed by atoms with Crippen molar-refractivity contribution in [1.82, 2.24) is 0 Å². The van der Waals surface area contributed by atoms with Crippen molar-refractivity contribution in [3.8, 4) is 0 Å². The average molecular weight is 268 g/mol. The van der Waals surface area contributed by atoms with Crippen LogP contribution in [0.2, 0.25) is 0 Å². The Kier molecular flexibility index (Phi) is 6.04. The van der Waals surface area contributed by atoms with Crippen LogP contribution in [0.25, 0.3) is 0 Å². The third kappa shape index (κ3) is 4.72. The average Bonchev–Trinajstić information content (AvgIpc) is 2.37. The smallest absolute Gasteiger partial charge is 0.316 e. The van der Waals surface area contributed by atoms with Gasteiger partial charge in [-0.3, -0.25) is 16.0 Å². The molecule has 0 atom stereocenters. The van der Waals surface area contributed by atoms with Gasteiger partial charge in [0, 0.05) is 13.2 Å². The molecule has 0 fully saturated rings. The molecule has 1 rings (SSSR count). The summed E-state index contributed by atoms with van der Waals surface area (Å²) in [5, 5.41) is 14.0. The number of hydrogen-bond acceptors (Lipinski definition) is 6. The van der Waals surface area contributed by atoms with E-state index in [2.05, 4.69) is 24.6 Å². The number of nitro groups is 1. The van der Waals surface area contributed by atoms with Gasteiger partial charge in [-0.25, -0.2) is 0 Å². The summed E-state index contributed by atoms with van der Waals surface area (Å²) in [6, 6.07) is 4.89. The molecule has 106 valence electrons. The fourth-order valence-electron chi connectivity index (χ4n) is 1.58. The number of anilines is 2.